The van der Waals surface area contributed by atoms with E-state index in [0.29, 0.717) is 5.56 Å². The van der Waals surface area contributed by atoms with E-state index in [-0.39, 0.29) is 29.1 Å². The molecule has 0 saturated heterocycles. The standard InChI is InChI=1S/C8H8Cl2N4/c9-7-4-2-1-3-6(7)5-12-14-8(11)13-10/h1-5H,(H3,11,13,14)/i1D,2D,4D. The van der Waals surface area contributed by atoms with Crippen molar-refractivity contribution in [3.05, 3.63) is 34.8 Å². The van der Waals surface area contributed by atoms with E-state index < -0.39 is 0 Å². The second-order valence-corrected chi connectivity index (χ2v) is 2.69. The van der Waals surface area contributed by atoms with Gasteiger partial charge in [-0.1, -0.05) is 29.8 Å². The SMILES string of the molecule is [2H]c1cc(C=NNC(N)=NCl)c(Cl)c([2H])c1[2H]. The number of nitrogens with zero attached hydrogens (tertiary/aromatic N) is 2. The van der Waals surface area contributed by atoms with Crippen LogP contribution in [0.5, 0.6) is 0 Å². The number of halogens is 2. The third-order valence-corrected chi connectivity index (χ3v) is 1.69. The Morgan fingerprint density at radius 2 is 2.43 bits per heavy atom. The normalized spacial score (nSPS) is 15.0. The summed E-state index contributed by atoms with van der Waals surface area (Å²) in [6.45, 7) is 0. The molecule has 0 bridgehead atoms. The van der Waals surface area contributed by atoms with Gasteiger partial charge in [-0.2, -0.15) is 5.10 Å². The van der Waals surface area contributed by atoms with Crippen LogP contribution < -0.4 is 11.2 Å². The molecule has 0 aliphatic heterocycles. The molecule has 1 rings (SSSR count). The first-order valence-corrected chi connectivity index (χ1v) is 4.18. The van der Waals surface area contributed by atoms with Gasteiger partial charge in [0.25, 0.3) is 0 Å². The third-order valence-electron chi connectivity index (χ3n) is 1.20. The van der Waals surface area contributed by atoms with Crippen LogP contribution in [0.25, 0.3) is 0 Å². The highest BCUT2D eigenvalue weighted by molar-refractivity contribution is 6.33. The van der Waals surface area contributed by atoms with Gasteiger partial charge in [-0.05, 0) is 6.04 Å². The van der Waals surface area contributed by atoms with E-state index in [1.807, 2.05) is 0 Å². The maximum atomic E-state index is 7.49. The minimum Gasteiger partial charge on any atom is -0.367 e. The van der Waals surface area contributed by atoms with E-state index >= 15 is 0 Å². The predicted molar refractivity (Wildman–Crippen MR) is 59.7 cm³/mol. The number of rotatable bonds is 2. The van der Waals surface area contributed by atoms with Crippen molar-refractivity contribution in [1.82, 2.24) is 5.43 Å². The van der Waals surface area contributed by atoms with Gasteiger partial charge >= 0.3 is 0 Å². The molecule has 0 aliphatic carbocycles. The van der Waals surface area contributed by atoms with E-state index in [1.165, 1.54) is 12.3 Å². The first-order chi connectivity index (χ1) is 7.97. The first kappa shape index (κ1) is 7.09. The summed E-state index contributed by atoms with van der Waals surface area (Å²) >= 11 is 10.9. The average Bonchev–Trinajstić information content (AvgIpc) is 2.32. The molecule has 3 N–H and O–H groups in total. The van der Waals surface area contributed by atoms with Crippen molar-refractivity contribution in [2.24, 2.45) is 15.3 Å². The topological polar surface area (TPSA) is 62.8 Å². The van der Waals surface area contributed by atoms with Crippen molar-refractivity contribution in [2.45, 2.75) is 0 Å². The van der Waals surface area contributed by atoms with Crippen LogP contribution in [-0.2, 0) is 0 Å². The summed E-state index contributed by atoms with van der Waals surface area (Å²) in [6, 6.07) is 0.753. The summed E-state index contributed by atoms with van der Waals surface area (Å²) in [4.78, 5) is 0. The summed E-state index contributed by atoms with van der Waals surface area (Å²) in [6.07, 6.45) is 1.26. The quantitative estimate of drug-likeness (QED) is 0.465. The molecule has 1 aromatic carbocycles. The molecule has 0 fully saturated rings. The van der Waals surface area contributed by atoms with Crippen LogP contribution in [-0.4, -0.2) is 12.2 Å². The van der Waals surface area contributed by atoms with E-state index in [4.69, 9.17) is 33.2 Å². The smallest absolute Gasteiger partial charge is 0.226 e. The molecule has 0 atom stereocenters. The van der Waals surface area contributed by atoms with Gasteiger partial charge in [0, 0.05) is 22.4 Å². The van der Waals surface area contributed by atoms with Crippen molar-refractivity contribution >= 4 is 35.6 Å². The lowest BCUT2D eigenvalue weighted by atomic mass is 10.2. The molecule has 0 amide bonds. The Hall–Kier alpha value is -1.26. The molecule has 0 saturated carbocycles. The molecule has 4 nitrogen and oxygen atoms in total. The minimum absolute atomic E-state index is 0.0398. The van der Waals surface area contributed by atoms with Crippen LogP contribution in [0.3, 0.4) is 0 Å². The maximum Gasteiger partial charge on any atom is 0.226 e. The van der Waals surface area contributed by atoms with Crippen LogP contribution in [0.1, 0.15) is 9.68 Å². The summed E-state index contributed by atoms with van der Waals surface area (Å²) in [5, 5.41) is 3.70. The number of hydrogen-bond acceptors (Lipinski definition) is 2. The molecule has 1 aromatic rings. The van der Waals surface area contributed by atoms with Gasteiger partial charge in [-0.3, -0.25) is 0 Å². The highest BCUT2D eigenvalue weighted by Gasteiger charge is 1.93. The zero-order valence-corrected chi connectivity index (χ0v) is 8.39. The monoisotopic (exact) mass is 233 g/mol. The van der Waals surface area contributed by atoms with Gasteiger partial charge in [-0.15, -0.1) is 4.51 Å². The second kappa shape index (κ2) is 5.47. The molecular weight excluding hydrogens is 223 g/mol. The van der Waals surface area contributed by atoms with Gasteiger partial charge in [0.05, 0.1) is 10.3 Å². The van der Waals surface area contributed by atoms with Crippen molar-refractivity contribution in [1.29, 1.82) is 0 Å². The highest BCUT2D eigenvalue weighted by Crippen LogP contribution is 2.11. The van der Waals surface area contributed by atoms with E-state index in [1.54, 1.807) is 0 Å². The lowest BCUT2D eigenvalue weighted by Crippen LogP contribution is -2.26. The lowest BCUT2D eigenvalue weighted by Gasteiger charge is -1.97. The zero-order valence-electron chi connectivity index (χ0n) is 9.88. The second-order valence-electron chi connectivity index (χ2n) is 2.15. The molecule has 6 heteroatoms. The van der Waals surface area contributed by atoms with E-state index in [2.05, 4.69) is 15.0 Å². The minimum atomic E-state index is -0.234. The van der Waals surface area contributed by atoms with Crippen LogP contribution >= 0.6 is 23.4 Å². The number of nitrogens with one attached hydrogen (secondary N) is 1. The predicted octanol–water partition coefficient (Wildman–Crippen LogP) is 1.73. The Morgan fingerprint density at radius 3 is 3.14 bits per heavy atom. The Labute approximate surface area is 95.7 Å². The van der Waals surface area contributed by atoms with E-state index in [9.17, 15) is 0 Å². The van der Waals surface area contributed by atoms with Crippen molar-refractivity contribution in [3.8, 4) is 0 Å². The number of hydrazone groups is 1. The van der Waals surface area contributed by atoms with Gasteiger partial charge in [0.2, 0.25) is 5.96 Å². The van der Waals surface area contributed by atoms with Crippen LogP contribution in [0.2, 0.25) is 5.02 Å². The molecule has 74 valence electrons. The Balaban J connectivity index is 3.00. The lowest BCUT2D eigenvalue weighted by molar-refractivity contribution is 1.02. The molecule has 0 aromatic heterocycles. The largest absolute Gasteiger partial charge is 0.367 e. The first-order valence-electron chi connectivity index (χ1n) is 4.97. The molecule has 0 spiro atoms. The molecule has 0 heterocycles. The third kappa shape index (κ3) is 3.24. The van der Waals surface area contributed by atoms with Crippen molar-refractivity contribution < 1.29 is 4.11 Å². The van der Waals surface area contributed by atoms with Gasteiger partial charge in [0.15, 0.2) is 0 Å². The van der Waals surface area contributed by atoms with Gasteiger partial charge in [-0.25, -0.2) is 5.43 Å². The fraction of sp³-hybridized carbons (Fsp3) is 0. The maximum absolute atomic E-state index is 7.49. The average molecular weight is 234 g/mol. The number of hydrogen-bond donors (Lipinski definition) is 2. The summed E-state index contributed by atoms with van der Waals surface area (Å²) in [7, 11) is 0. The molecule has 0 radical (unpaired) electrons. The fourth-order valence-electron chi connectivity index (χ4n) is 0.621. The Bertz CT molecular complexity index is 490. The van der Waals surface area contributed by atoms with Gasteiger partial charge in [0.1, 0.15) is 0 Å². The summed E-state index contributed by atoms with van der Waals surface area (Å²) in [5.41, 5.74) is 7.84. The molecular formula is C8H8Cl2N4. The zero-order chi connectivity index (χ0) is 13.0. The van der Waals surface area contributed by atoms with Crippen molar-refractivity contribution in [2.75, 3.05) is 0 Å². The number of benzene rings is 1. The van der Waals surface area contributed by atoms with E-state index in [0.717, 1.165) is 0 Å². The van der Waals surface area contributed by atoms with Crippen LogP contribution in [0, 0.1) is 0 Å². The molecule has 0 unspecified atom stereocenters. The number of guanidine groups is 1. The highest BCUT2D eigenvalue weighted by atomic mass is 35.5. The van der Waals surface area contributed by atoms with Crippen LogP contribution in [0.15, 0.2) is 33.8 Å². The van der Waals surface area contributed by atoms with Crippen molar-refractivity contribution in [3.63, 3.8) is 0 Å². The summed E-state index contributed by atoms with van der Waals surface area (Å²) < 4.78 is 25.4. The fourth-order valence-corrected chi connectivity index (χ4v) is 0.810. The van der Waals surface area contributed by atoms with Gasteiger partial charge < -0.3 is 5.73 Å². The Kier molecular flexibility index (Phi) is 2.77. The summed E-state index contributed by atoms with van der Waals surface area (Å²) in [5.74, 6) is -0.103. The molecule has 14 heavy (non-hydrogen) atoms. The number of nitrogens with two attached hydrogens (primary N) is 1. The molecule has 0 aliphatic rings. The Morgan fingerprint density at radius 1 is 1.64 bits per heavy atom. The van der Waals surface area contributed by atoms with Crippen LogP contribution in [0.4, 0.5) is 0 Å².